The van der Waals surface area contributed by atoms with Crippen LogP contribution in [0.5, 0.6) is 5.88 Å². The molecule has 2 amide bonds. The highest BCUT2D eigenvalue weighted by Gasteiger charge is 2.31. The summed E-state index contributed by atoms with van der Waals surface area (Å²) in [5, 5.41) is 9.74. The summed E-state index contributed by atoms with van der Waals surface area (Å²) in [5.41, 5.74) is 0.751. The number of nitrogens with zero attached hydrogens (tertiary/aromatic N) is 3. The Labute approximate surface area is 215 Å². The van der Waals surface area contributed by atoms with Crippen LogP contribution in [0.2, 0.25) is 0 Å². The molecule has 8 nitrogen and oxygen atoms in total. The van der Waals surface area contributed by atoms with Gasteiger partial charge in [-0.15, -0.1) is 11.3 Å². The molecule has 0 spiro atoms. The van der Waals surface area contributed by atoms with E-state index in [4.69, 9.17) is 4.74 Å². The molecule has 190 valence electrons. The van der Waals surface area contributed by atoms with Gasteiger partial charge < -0.3 is 19.6 Å². The highest BCUT2D eigenvalue weighted by Crippen LogP contribution is 2.35. The number of carboxylic acid groups (broad SMARTS) is 1. The van der Waals surface area contributed by atoms with Crippen molar-refractivity contribution in [1.29, 1.82) is 0 Å². The predicted molar refractivity (Wildman–Crippen MR) is 138 cm³/mol. The molecular formula is C27H31N3O5S. The number of hydrogen-bond donors (Lipinski definition) is 1. The molecule has 3 heterocycles. The van der Waals surface area contributed by atoms with E-state index in [2.05, 4.69) is 16.8 Å². The highest BCUT2D eigenvalue weighted by molar-refractivity contribution is 7.15. The summed E-state index contributed by atoms with van der Waals surface area (Å²) >= 11 is 1.09. The van der Waals surface area contributed by atoms with Crippen molar-refractivity contribution in [2.24, 2.45) is 5.41 Å². The maximum Gasteiger partial charge on any atom is 0.348 e. The first-order valence-corrected chi connectivity index (χ1v) is 13.0. The number of aromatic nitrogens is 1. The van der Waals surface area contributed by atoms with E-state index in [-0.39, 0.29) is 28.3 Å². The van der Waals surface area contributed by atoms with Gasteiger partial charge in [0.15, 0.2) is 0 Å². The summed E-state index contributed by atoms with van der Waals surface area (Å²) < 4.78 is 6.08. The third kappa shape index (κ3) is 6.05. The van der Waals surface area contributed by atoms with Gasteiger partial charge in [0, 0.05) is 42.4 Å². The van der Waals surface area contributed by atoms with Gasteiger partial charge in [-0.3, -0.25) is 9.59 Å². The van der Waals surface area contributed by atoms with E-state index in [9.17, 15) is 19.5 Å². The van der Waals surface area contributed by atoms with E-state index in [1.807, 2.05) is 20.8 Å². The zero-order valence-electron chi connectivity index (χ0n) is 20.8. The minimum Gasteiger partial charge on any atom is -0.477 e. The normalized spacial score (nSPS) is 19.5. The molecule has 4 rings (SSSR count). The Kier molecular flexibility index (Phi) is 7.65. The number of aromatic carboxylic acids is 1. The van der Waals surface area contributed by atoms with Gasteiger partial charge in [0.25, 0.3) is 5.91 Å². The van der Waals surface area contributed by atoms with Crippen LogP contribution in [0.15, 0.2) is 24.4 Å². The number of carboxylic acids is 1. The van der Waals surface area contributed by atoms with Gasteiger partial charge in [0.1, 0.15) is 11.0 Å². The number of hydrogen-bond acceptors (Lipinski definition) is 6. The van der Waals surface area contributed by atoms with Crippen LogP contribution >= 0.6 is 11.3 Å². The van der Waals surface area contributed by atoms with Crippen LogP contribution in [0.3, 0.4) is 0 Å². The Hall–Kier alpha value is -3.38. The van der Waals surface area contributed by atoms with E-state index in [1.54, 1.807) is 29.3 Å². The Bertz CT molecular complexity index is 1190. The van der Waals surface area contributed by atoms with Crippen molar-refractivity contribution in [3.63, 3.8) is 0 Å². The first kappa shape index (κ1) is 25.7. The lowest BCUT2D eigenvalue weighted by Gasteiger charge is -2.34. The summed E-state index contributed by atoms with van der Waals surface area (Å²) in [6.45, 7) is 7.53. The summed E-state index contributed by atoms with van der Waals surface area (Å²) in [6, 6.07) is 4.96. The summed E-state index contributed by atoms with van der Waals surface area (Å²) in [4.78, 5) is 44.8. The molecular weight excluding hydrogens is 478 g/mol. The molecule has 0 bridgehead atoms. The number of likely N-dealkylation sites (tertiary alicyclic amines) is 1. The van der Waals surface area contributed by atoms with Crippen molar-refractivity contribution in [2.75, 3.05) is 18.0 Å². The second-order valence-corrected chi connectivity index (χ2v) is 11.3. The van der Waals surface area contributed by atoms with Crippen LogP contribution in [0.1, 0.15) is 77.8 Å². The van der Waals surface area contributed by atoms with Gasteiger partial charge >= 0.3 is 5.97 Å². The van der Waals surface area contributed by atoms with E-state index < -0.39 is 5.97 Å². The number of carbonyl (C=O) groups is 3. The van der Waals surface area contributed by atoms with Crippen LogP contribution in [0.25, 0.3) is 0 Å². The SMILES string of the molecule is CC(C)(C)C#Cc1cc(N(C=O)C2CCC(Oc3cc(C(=O)N4CCC4)ccn3)CC2)c(C(=O)O)s1. The number of rotatable bonds is 7. The predicted octanol–water partition coefficient (Wildman–Crippen LogP) is 4.44. The molecule has 9 heteroatoms. The second kappa shape index (κ2) is 10.7. The maximum atomic E-state index is 12.5. The molecule has 1 aliphatic heterocycles. The van der Waals surface area contributed by atoms with Gasteiger partial charge in [-0.2, -0.15) is 0 Å². The number of thiophene rings is 1. The van der Waals surface area contributed by atoms with Gasteiger partial charge in [0.05, 0.1) is 10.6 Å². The second-order valence-electron chi connectivity index (χ2n) is 10.2. The lowest BCUT2D eigenvalue weighted by Crippen LogP contribution is -2.42. The molecule has 1 N–H and O–H groups in total. The smallest absolute Gasteiger partial charge is 0.348 e. The Morgan fingerprint density at radius 3 is 2.53 bits per heavy atom. The van der Waals surface area contributed by atoms with Crippen molar-refractivity contribution in [2.45, 2.75) is 65.0 Å². The minimum absolute atomic E-state index is 0.00427. The Morgan fingerprint density at radius 1 is 1.22 bits per heavy atom. The quantitative estimate of drug-likeness (QED) is 0.438. The lowest BCUT2D eigenvalue weighted by atomic mass is 9.91. The van der Waals surface area contributed by atoms with E-state index in [0.29, 0.717) is 54.1 Å². The Balaban J connectivity index is 1.42. The van der Waals surface area contributed by atoms with Gasteiger partial charge in [-0.25, -0.2) is 9.78 Å². The molecule has 1 saturated carbocycles. The fourth-order valence-electron chi connectivity index (χ4n) is 4.30. The van der Waals surface area contributed by atoms with Crippen LogP contribution in [-0.4, -0.2) is 58.5 Å². The number of pyridine rings is 1. The first-order chi connectivity index (χ1) is 17.1. The minimum atomic E-state index is -1.07. The van der Waals surface area contributed by atoms with E-state index in [1.165, 1.54) is 4.90 Å². The van der Waals surface area contributed by atoms with Crippen molar-refractivity contribution in [3.8, 4) is 17.7 Å². The molecule has 1 saturated heterocycles. The van der Waals surface area contributed by atoms with Crippen molar-refractivity contribution in [1.82, 2.24) is 9.88 Å². The molecule has 0 aromatic carbocycles. The van der Waals surface area contributed by atoms with Crippen molar-refractivity contribution >= 4 is 35.3 Å². The fraction of sp³-hybridized carbons (Fsp3) is 0.481. The van der Waals surface area contributed by atoms with Crippen molar-refractivity contribution in [3.05, 3.63) is 39.7 Å². The Morgan fingerprint density at radius 2 is 1.94 bits per heavy atom. The number of amides is 2. The summed E-state index contributed by atoms with van der Waals surface area (Å²) in [7, 11) is 0. The van der Waals surface area contributed by atoms with Crippen LogP contribution in [0.4, 0.5) is 5.69 Å². The average molecular weight is 510 g/mol. The molecule has 2 aliphatic rings. The van der Waals surface area contributed by atoms with Crippen LogP contribution in [-0.2, 0) is 4.79 Å². The maximum absolute atomic E-state index is 12.5. The third-order valence-electron chi connectivity index (χ3n) is 6.31. The monoisotopic (exact) mass is 509 g/mol. The van der Waals surface area contributed by atoms with Gasteiger partial charge in [-0.05, 0) is 65.0 Å². The fourth-order valence-corrected chi connectivity index (χ4v) is 5.15. The molecule has 1 aliphatic carbocycles. The molecule has 0 atom stereocenters. The molecule has 2 fully saturated rings. The molecule has 36 heavy (non-hydrogen) atoms. The summed E-state index contributed by atoms with van der Waals surface area (Å²) in [5.74, 6) is 5.52. The zero-order valence-corrected chi connectivity index (χ0v) is 21.6. The third-order valence-corrected chi connectivity index (χ3v) is 7.34. The first-order valence-electron chi connectivity index (χ1n) is 12.2. The van der Waals surface area contributed by atoms with Crippen molar-refractivity contribution < 1.29 is 24.2 Å². The van der Waals surface area contributed by atoms with E-state index in [0.717, 1.165) is 30.8 Å². The topological polar surface area (TPSA) is 100 Å². The number of ether oxygens (including phenoxy) is 1. The van der Waals surface area contributed by atoms with Gasteiger partial charge in [0.2, 0.25) is 12.3 Å². The summed E-state index contributed by atoms with van der Waals surface area (Å²) in [6.07, 6.45) is 5.94. The highest BCUT2D eigenvalue weighted by atomic mass is 32.1. The standard InChI is InChI=1S/C27H31N3O5S/c1-27(2,3)11-9-21-16-22(24(36-21)26(33)34)30(17-31)19-5-7-20(8-6-19)35-23-15-18(10-12-28-23)25(32)29-13-4-14-29/h10,12,15-17,19-20H,4-8,13-14H2,1-3H3,(H,33,34). The van der Waals surface area contributed by atoms with Gasteiger partial charge in [-0.1, -0.05) is 11.8 Å². The molecule has 2 aromatic rings. The zero-order chi connectivity index (χ0) is 25.9. The molecule has 0 radical (unpaired) electrons. The number of carbonyl (C=O) groups excluding carboxylic acids is 2. The average Bonchev–Trinajstić information content (AvgIpc) is 3.22. The largest absolute Gasteiger partial charge is 0.477 e. The number of anilines is 1. The molecule has 0 unspecified atom stereocenters. The van der Waals surface area contributed by atoms with Crippen LogP contribution < -0.4 is 9.64 Å². The van der Waals surface area contributed by atoms with Crippen LogP contribution in [0, 0.1) is 17.3 Å². The lowest BCUT2D eigenvalue weighted by molar-refractivity contribution is -0.108. The molecule has 2 aromatic heterocycles. The van der Waals surface area contributed by atoms with E-state index >= 15 is 0 Å².